The van der Waals surface area contributed by atoms with Gasteiger partial charge in [-0.15, -0.1) is 0 Å². The van der Waals surface area contributed by atoms with Crippen LogP contribution >= 0.6 is 0 Å². The molecule has 1 aliphatic rings. The molecule has 1 saturated carbocycles. The molecule has 0 bridgehead atoms. The molecule has 1 fully saturated rings. The van der Waals surface area contributed by atoms with Crippen molar-refractivity contribution in [2.24, 2.45) is 0 Å². The number of benzene rings is 1. The van der Waals surface area contributed by atoms with Crippen molar-refractivity contribution >= 4 is 6.09 Å². The highest BCUT2D eigenvalue weighted by Crippen LogP contribution is 2.32. The predicted molar refractivity (Wildman–Crippen MR) is 71.6 cm³/mol. The third-order valence-corrected chi connectivity index (χ3v) is 3.60. The van der Waals surface area contributed by atoms with Crippen molar-refractivity contribution < 1.29 is 9.53 Å². The monoisotopic (exact) mass is 247 g/mol. The van der Waals surface area contributed by atoms with Crippen LogP contribution in [-0.2, 0) is 4.74 Å². The smallest absolute Gasteiger partial charge is 0.407 e. The first kappa shape index (κ1) is 12.9. The van der Waals surface area contributed by atoms with Crippen molar-refractivity contribution in [2.45, 2.75) is 44.6 Å². The summed E-state index contributed by atoms with van der Waals surface area (Å²) >= 11 is 0. The molecule has 1 N–H and O–H groups in total. The Morgan fingerprint density at radius 3 is 2.50 bits per heavy atom. The number of hydrogen-bond acceptors (Lipinski definition) is 2. The first-order chi connectivity index (χ1) is 8.79. The van der Waals surface area contributed by atoms with E-state index in [4.69, 9.17) is 4.74 Å². The summed E-state index contributed by atoms with van der Waals surface area (Å²) in [5, 5.41) is 2.93. The highest BCUT2D eigenvalue weighted by atomic mass is 16.5. The molecule has 0 heterocycles. The van der Waals surface area contributed by atoms with Gasteiger partial charge in [0.25, 0.3) is 0 Å². The molecule has 0 saturated heterocycles. The topological polar surface area (TPSA) is 38.3 Å². The fraction of sp³-hybridized carbons (Fsp3) is 0.533. The number of carbonyl (C=O) groups excluding carboxylic acids is 1. The van der Waals surface area contributed by atoms with Gasteiger partial charge in [-0.1, -0.05) is 30.3 Å². The van der Waals surface area contributed by atoms with E-state index in [2.05, 4.69) is 35.6 Å². The van der Waals surface area contributed by atoms with Gasteiger partial charge in [0.05, 0.1) is 6.61 Å². The number of rotatable bonds is 3. The quantitative estimate of drug-likeness (QED) is 0.888. The van der Waals surface area contributed by atoms with Crippen molar-refractivity contribution in [3.05, 3.63) is 35.9 Å². The maximum absolute atomic E-state index is 11.3. The van der Waals surface area contributed by atoms with Crippen LogP contribution in [0.2, 0.25) is 0 Å². The molecule has 1 aromatic carbocycles. The fourth-order valence-electron chi connectivity index (χ4n) is 2.64. The minimum absolute atomic E-state index is 0.277. The lowest BCUT2D eigenvalue weighted by Crippen LogP contribution is -2.37. The van der Waals surface area contributed by atoms with Gasteiger partial charge in [-0.05, 0) is 44.1 Å². The van der Waals surface area contributed by atoms with E-state index in [1.807, 2.05) is 6.92 Å². The lowest BCUT2D eigenvalue weighted by Gasteiger charge is -2.29. The van der Waals surface area contributed by atoms with E-state index in [0.29, 0.717) is 12.5 Å². The maximum Gasteiger partial charge on any atom is 0.407 e. The van der Waals surface area contributed by atoms with Crippen LogP contribution in [0.25, 0.3) is 0 Å². The Morgan fingerprint density at radius 2 is 1.89 bits per heavy atom. The first-order valence-electron chi connectivity index (χ1n) is 6.78. The second kappa shape index (κ2) is 6.43. The average Bonchev–Trinajstić information content (AvgIpc) is 2.41. The summed E-state index contributed by atoms with van der Waals surface area (Å²) in [5.41, 5.74) is 1.42. The summed E-state index contributed by atoms with van der Waals surface area (Å²) in [7, 11) is 0. The predicted octanol–water partition coefficient (Wildman–Crippen LogP) is 3.46. The molecular formula is C15H21NO2. The molecule has 98 valence electrons. The van der Waals surface area contributed by atoms with Gasteiger partial charge in [-0.3, -0.25) is 0 Å². The summed E-state index contributed by atoms with van der Waals surface area (Å²) in [4.78, 5) is 11.3. The SMILES string of the molecule is CCOC(=O)N[C@H]1CC[C@H](c2ccccc2)CC1. The summed E-state index contributed by atoms with van der Waals surface area (Å²) in [6.07, 6.45) is 4.08. The van der Waals surface area contributed by atoms with E-state index in [1.54, 1.807) is 0 Å². The van der Waals surface area contributed by atoms with Crippen LogP contribution in [0.15, 0.2) is 30.3 Å². The summed E-state index contributed by atoms with van der Waals surface area (Å²) < 4.78 is 4.91. The zero-order valence-corrected chi connectivity index (χ0v) is 10.9. The Hall–Kier alpha value is -1.51. The van der Waals surface area contributed by atoms with Gasteiger partial charge in [0.1, 0.15) is 0 Å². The third-order valence-electron chi connectivity index (χ3n) is 3.60. The molecule has 3 nitrogen and oxygen atoms in total. The molecule has 0 unspecified atom stereocenters. The standard InChI is InChI=1S/C15H21NO2/c1-2-18-15(17)16-14-10-8-13(9-11-14)12-6-4-3-5-7-12/h3-7,13-14H,2,8-11H2,1H3,(H,16,17)/t13-,14-. The molecule has 0 radical (unpaired) electrons. The van der Waals surface area contributed by atoms with Gasteiger partial charge >= 0.3 is 6.09 Å². The molecule has 0 aliphatic heterocycles. The minimum Gasteiger partial charge on any atom is -0.450 e. The lowest BCUT2D eigenvalue weighted by atomic mass is 9.82. The highest BCUT2D eigenvalue weighted by molar-refractivity contribution is 5.67. The van der Waals surface area contributed by atoms with Gasteiger partial charge in [0.15, 0.2) is 0 Å². The van der Waals surface area contributed by atoms with Crippen LogP contribution in [0, 0.1) is 0 Å². The van der Waals surface area contributed by atoms with Gasteiger partial charge in [0, 0.05) is 6.04 Å². The summed E-state index contributed by atoms with van der Waals surface area (Å²) in [6, 6.07) is 10.9. The molecule has 1 aromatic rings. The first-order valence-corrected chi connectivity index (χ1v) is 6.78. The summed E-state index contributed by atoms with van der Waals surface area (Å²) in [5.74, 6) is 0.645. The lowest BCUT2D eigenvalue weighted by molar-refractivity contribution is 0.144. The van der Waals surface area contributed by atoms with Crippen molar-refractivity contribution in [3.8, 4) is 0 Å². The van der Waals surface area contributed by atoms with Crippen LogP contribution in [0.5, 0.6) is 0 Å². The molecule has 0 aromatic heterocycles. The molecular weight excluding hydrogens is 226 g/mol. The molecule has 1 aliphatic carbocycles. The van der Waals surface area contributed by atoms with Crippen molar-refractivity contribution in [1.29, 1.82) is 0 Å². The number of alkyl carbamates (subject to hydrolysis) is 1. The van der Waals surface area contributed by atoms with Crippen molar-refractivity contribution in [2.75, 3.05) is 6.61 Å². The number of hydrogen-bond donors (Lipinski definition) is 1. The Morgan fingerprint density at radius 1 is 1.22 bits per heavy atom. The van der Waals surface area contributed by atoms with Crippen LogP contribution in [0.1, 0.15) is 44.1 Å². The molecule has 3 heteroatoms. The molecule has 1 amide bonds. The van der Waals surface area contributed by atoms with E-state index in [-0.39, 0.29) is 12.1 Å². The molecule has 0 spiro atoms. The average molecular weight is 247 g/mol. The van der Waals surface area contributed by atoms with Gasteiger partial charge in [-0.25, -0.2) is 4.79 Å². The molecule has 2 rings (SSSR count). The number of amides is 1. The van der Waals surface area contributed by atoms with E-state index in [9.17, 15) is 4.79 Å². The second-order valence-corrected chi connectivity index (χ2v) is 4.82. The Kier molecular flexibility index (Phi) is 4.62. The van der Waals surface area contributed by atoms with Crippen molar-refractivity contribution in [1.82, 2.24) is 5.32 Å². The van der Waals surface area contributed by atoms with Crippen molar-refractivity contribution in [3.63, 3.8) is 0 Å². The Labute approximate surface area is 109 Å². The zero-order chi connectivity index (χ0) is 12.8. The van der Waals surface area contributed by atoms with Crippen LogP contribution in [-0.4, -0.2) is 18.7 Å². The van der Waals surface area contributed by atoms with Gasteiger partial charge < -0.3 is 10.1 Å². The highest BCUT2D eigenvalue weighted by Gasteiger charge is 2.23. The Bertz CT molecular complexity index is 369. The zero-order valence-electron chi connectivity index (χ0n) is 10.9. The summed E-state index contributed by atoms with van der Waals surface area (Å²) in [6.45, 7) is 2.26. The number of nitrogens with one attached hydrogen (secondary N) is 1. The Balaban J connectivity index is 1.80. The minimum atomic E-state index is -0.277. The van der Waals surface area contributed by atoms with Gasteiger partial charge in [0.2, 0.25) is 0 Å². The van der Waals surface area contributed by atoms with E-state index < -0.39 is 0 Å². The number of ether oxygens (including phenoxy) is 1. The third kappa shape index (κ3) is 3.49. The van der Waals surface area contributed by atoms with Gasteiger partial charge in [-0.2, -0.15) is 0 Å². The normalized spacial score (nSPS) is 23.4. The van der Waals surface area contributed by atoms with E-state index in [0.717, 1.165) is 25.7 Å². The largest absolute Gasteiger partial charge is 0.450 e. The van der Waals surface area contributed by atoms with E-state index >= 15 is 0 Å². The molecule has 18 heavy (non-hydrogen) atoms. The number of carbonyl (C=O) groups is 1. The molecule has 0 atom stereocenters. The maximum atomic E-state index is 11.3. The second-order valence-electron chi connectivity index (χ2n) is 4.82. The van der Waals surface area contributed by atoms with Crippen LogP contribution in [0.4, 0.5) is 4.79 Å². The van der Waals surface area contributed by atoms with Crippen LogP contribution < -0.4 is 5.32 Å². The van der Waals surface area contributed by atoms with Crippen LogP contribution in [0.3, 0.4) is 0 Å². The van der Waals surface area contributed by atoms with E-state index in [1.165, 1.54) is 5.56 Å². The fourth-order valence-corrected chi connectivity index (χ4v) is 2.64.